The molecule has 0 aliphatic carbocycles. The highest BCUT2D eigenvalue weighted by Crippen LogP contribution is 2.11. The molecule has 90 valence electrons. The molecule has 0 atom stereocenters. The lowest BCUT2D eigenvalue weighted by Gasteiger charge is -2.05. The SMILES string of the molecule is O=c1[nH]c2nc3nc([nH]c13)CCCCCCN2. The minimum atomic E-state index is -0.157. The zero-order valence-electron chi connectivity index (χ0n) is 9.55. The number of fused-ring (bicyclic) bond motifs is 2. The van der Waals surface area contributed by atoms with E-state index in [-0.39, 0.29) is 5.56 Å². The molecule has 3 rings (SSSR count). The van der Waals surface area contributed by atoms with Crippen molar-refractivity contribution in [2.75, 3.05) is 11.9 Å². The molecule has 0 saturated heterocycles. The normalized spacial score (nSPS) is 16.7. The van der Waals surface area contributed by atoms with Gasteiger partial charge in [-0.05, 0) is 12.8 Å². The second kappa shape index (κ2) is 4.20. The van der Waals surface area contributed by atoms with Gasteiger partial charge >= 0.3 is 0 Å². The standard InChI is InChI=1S/C11H15N5O/c17-10-8-9-14-7(13-8)5-3-1-2-4-6-12-11(15-9)16-10/h1-6H2,(H3,12,13,14,15,16,17). The Bertz CT molecular complexity index is 585. The summed E-state index contributed by atoms with van der Waals surface area (Å²) >= 11 is 0. The Balaban J connectivity index is 2.10. The summed E-state index contributed by atoms with van der Waals surface area (Å²) < 4.78 is 0. The molecule has 3 bridgehead atoms. The van der Waals surface area contributed by atoms with Gasteiger partial charge in [0.05, 0.1) is 0 Å². The first kappa shape index (κ1) is 10.3. The van der Waals surface area contributed by atoms with Crippen molar-refractivity contribution >= 4 is 17.1 Å². The molecular weight excluding hydrogens is 218 g/mol. The highest BCUT2D eigenvalue weighted by Gasteiger charge is 2.10. The molecule has 0 saturated carbocycles. The molecule has 0 spiro atoms. The molecule has 2 aromatic heterocycles. The molecule has 0 radical (unpaired) electrons. The van der Waals surface area contributed by atoms with Crippen molar-refractivity contribution in [2.24, 2.45) is 0 Å². The molecule has 0 fully saturated rings. The lowest BCUT2D eigenvalue weighted by molar-refractivity contribution is 0.643. The number of nitrogens with one attached hydrogen (secondary N) is 3. The first-order valence-corrected chi connectivity index (χ1v) is 6.06. The Morgan fingerprint density at radius 1 is 1.00 bits per heavy atom. The Morgan fingerprint density at radius 2 is 1.88 bits per heavy atom. The number of anilines is 1. The monoisotopic (exact) mass is 233 g/mol. The molecule has 0 unspecified atom stereocenters. The molecule has 6 heteroatoms. The van der Waals surface area contributed by atoms with Crippen molar-refractivity contribution in [3.05, 3.63) is 16.2 Å². The van der Waals surface area contributed by atoms with E-state index in [0.717, 1.165) is 31.6 Å². The Labute approximate surface area is 97.9 Å². The van der Waals surface area contributed by atoms with E-state index in [9.17, 15) is 4.79 Å². The molecule has 3 heterocycles. The lowest BCUT2D eigenvalue weighted by Crippen LogP contribution is -2.14. The van der Waals surface area contributed by atoms with Gasteiger partial charge in [0.25, 0.3) is 5.56 Å². The van der Waals surface area contributed by atoms with E-state index in [2.05, 4.69) is 25.3 Å². The Morgan fingerprint density at radius 3 is 2.82 bits per heavy atom. The highest BCUT2D eigenvalue weighted by atomic mass is 16.1. The van der Waals surface area contributed by atoms with Crippen molar-refractivity contribution in [2.45, 2.75) is 32.1 Å². The quantitative estimate of drug-likeness (QED) is 0.637. The van der Waals surface area contributed by atoms with Gasteiger partial charge in [-0.25, -0.2) is 4.98 Å². The molecule has 17 heavy (non-hydrogen) atoms. The Hall–Kier alpha value is -1.85. The minimum absolute atomic E-state index is 0.157. The zero-order chi connectivity index (χ0) is 11.7. The number of H-pyrrole nitrogens is 2. The second-order valence-electron chi connectivity index (χ2n) is 4.39. The lowest BCUT2D eigenvalue weighted by atomic mass is 10.1. The van der Waals surface area contributed by atoms with Crippen LogP contribution in [0.15, 0.2) is 4.79 Å². The van der Waals surface area contributed by atoms with Crippen LogP contribution in [0.5, 0.6) is 0 Å². The van der Waals surface area contributed by atoms with E-state index in [0.29, 0.717) is 17.1 Å². The van der Waals surface area contributed by atoms with Crippen LogP contribution in [0.2, 0.25) is 0 Å². The van der Waals surface area contributed by atoms with Crippen LogP contribution < -0.4 is 10.9 Å². The fourth-order valence-electron chi connectivity index (χ4n) is 2.13. The third kappa shape index (κ3) is 2.02. The first-order valence-electron chi connectivity index (χ1n) is 6.06. The van der Waals surface area contributed by atoms with Crippen LogP contribution in [-0.4, -0.2) is 26.5 Å². The number of rotatable bonds is 0. The molecule has 0 amide bonds. The minimum Gasteiger partial charge on any atom is -0.356 e. The zero-order valence-corrected chi connectivity index (χ0v) is 9.55. The van der Waals surface area contributed by atoms with E-state index in [1.807, 2.05) is 0 Å². The first-order chi connectivity index (χ1) is 8.33. The van der Waals surface area contributed by atoms with Gasteiger partial charge in [0.2, 0.25) is 5.95 Å². The van der Waals surface area contributed by atoms with Crippen molar-refractivity contribution in [1.29, 1.82) is 0 Å². The van der Waals surface area contributed by atoms with E-state index in [1.165, 1.54) is 12.8 Å². The summed E-state index contributed by atoms with van der Waals surface area (Å²) in [5.74, 6) is 1.37. The van der Waals surface area contributed by atoms with Crippen molar-refractivity contribution in [1.82, 2.24) is 19.9 Å². The number of nitrogens with zero attached hydrogens (tertiary/aromatic N) is 2. The number of imidazole rings is 1. The smallest absolute Gasteiger partial charge is 0.278 e. The average molecular weight is 233 g/mol. The van der Waals surface area contributed by atoms with Crippen molar-refractivity contribution in [3.8, 4) is 0 Å². The summed E-state index contributed by atoms with van der Waals surface area (Å²) in [4.78, 5) is 26.2. The molecule has 1 aliphatic rings. The van der Waals surface area contributed by atoms with E-state index < -0.39 is 0 Å². The number of hydrogen-bond donors (Lipinski definition) is 3. The van der Waals surface area contributed by atoms with Gasteiger partial charge in [0.15, 0.2) is 11.2 Å². The van der Waals surface area contributed by atoms with E-state index in [4.69, 9.17) is 0 Å². The average Bonchev–Trinajstić information content (AvgIpc) is 2.70. The maximum Gasteiger partial charge on any atom is 0.278 e. The third-order valence-corrected chi connectivity index (χ3v) is 3.04. The van der Waals surface area contributed by atoms with E-state index >= 15 is 0 Å². The van der Waals surface area contributed by atoms with Gasteiger partial charge in [-0.2, -0.15) is 4.98 Å². The molecule has 0 aromatic carbocycles. The van der Waals surface area contributed by atoms with Crippen LogP contribution in [-0.2, 0) is 6.42 Å². The number of aromatic nitrogens is 4. The van der Waals surface area contributed by atoms with Crippen molar-refractivity contribution in [3.63, 3.8) is 0 Å². The predicted molar refractivity (Wildman–Crippen MR) is 65.2 cm³/mol. The van der Waals surface area contributed by atoms with Crippen LogP contribution in [0, 0.1) is 0 Å². The molecule has 6 nitrogen and oxygen atoms in total. The van der Waals surface area contributed by atoms with E-state index in [1.54, 1.807) is 0 Å². The predicted octanol–water partition coefficient (Wildman–Crippen LogP) is 1.17. The number of hydrogen-bond acceptors (Lipinski definition) is 4. The largest absolute Gasteiger partial charge is 0.356 e. The van der Waals surface area contributed by atoms with Gasteiger partial charge in [-0.15, -0.1) is 0 Å². The summed E-state index contributed by atoms with van der Waals surface area (Å²) in [6.07, 6.45) is 5.47. The maximum absolute atomic E-state index is 11.8. The Kier molecular flexibility index (Phi) is 2.55. The number of aryl methyl sites for hydroxylation is 1. The molecule has 3 N–H and O–H groups in total. The molecule has 1 aliphatic heterocycles. The van der Waals surface area contributed by atoms with Crippen molar-refractivity contribution < 1.29 is 0 Å². The summed E-state index contributed by atoms with van der Waals surface area (Å²) in [5, 5.41) is 3.13. The summed E-state index contributed by atoms with van der Waals surface area (Å²) in [6, 6.07) is 0. The fourth-order valence-corrected chi connectivity index (χ4v) is 2.13. The molecular formula is C11H15N5O. The third-order valence-electron chi connectivity index (χ3n) is 3.04. The van der Waals surface area contributed by atoms with Gasteiger partial charge in [0.1, 0.15) is 5.82 Å². The topological polar surface area (TPSA) is 86.5 Å². The van der Waals surface area contributed by atoms with Crippen LogP contribution >= 0.6 is 0 Å². The second-order valence-corrected chi connectivity index (χ2v) is 4.39. The van der Waals surface area contributed by atoms with Gasteiger partial charge in [-0.3, -0.25) is 9.78 Å². The van der Waals surface area contributed by atoms with Gasteiger partial charge < -0.3 is 10.3 Å². The van der Waals surface area contributed by atoms with Gasteiger partial charge in [0, 0.05) is 13.0 Å². The summed E-state index contributed by atoms with van der Waals surface area (Å²) in [7, 11) is 0. The van der Waals surface area contributed by atoms with Crippen LogP contribution in [0.3, 0.4) is 0 Å². The van der Waals surface area contributed by atoms with Crippen LogP contribution in [0.25, 0.3) is 11.2 Å². The van der Waals surface area contributed by atoms with Crippen LogP contribution in [0.1, 0.15) is 31.5 Å². The maximum atomic E-state index is 11.8. The van der Waals surface area contributed by atoms with Gasteiger partial charge in [-0.1, -0.05) is 12.8 Å². The summed E-state index contributed by atoms with van der Waals surface area (Å²) in [5.41, 5.74) is 0.826. The number of aromatic amines is 2. The highest BCUT2D eigenvalue weighted by molar-refractivity contribution is 5.70. The fraction of sp³-hybridized carbons (Fsp3) is 0.545. The summed E-state index contributed by atoms with van der Waals surface area (Å²) in [6.45, 7) is 0.839. The van der Waals surface area contributed by atoms with Crippen LogP contribution in [0.4, 0.5) is 5.95 Å². The molecule has 2 aromatic rings.